The molecule has 48 valence electrons. The monoisotopic (exact) mass is 147 g/mol. The minimum absolute atomic E-state index is 0.252. The summed E-state index contributed by atoms with van der Waals surface area (Å²) in [5.41, 5.74) is 3.26. The zero-order valence-electron chi connectivity index (χ0n) is 5.36. The first-order valence-electron chi connectivity index (χ1n) is 3.09. The van der Waals surface area contributed by atoms with Gasteiger partial charge in [0.25, 0.3) is 0 Å². The molecular formula is C8H6NP. The first kappa shape index (κ1) is 5.73. The highest BCUT2D eigenvalue weighted by Gasteiger charge is 1.99. The Hall–Kier alpha value is -1.03. The molecular weight excluding hydrogens is 141 g/mol. The zero-order chi connectivity index (χ0) is 6.81. The Balaban J connectivity index is 2.59. The Morgan fingerprint density at radius 1 is 1.50 bits per heavy atom. The van der Waals surface area contributed by atoms with Gasteiger partial charge in [-0.1, -0.05) is 11.7 Å². The standard InChI is InChI=1S/C8H6NP/c1-2-5-10-6-4-9-7-8(10)3-1/h1-4,6-7H. The molecule has 2 rings (SSSR count). The molecule has 0 saturated carbocycles. The number of hydrogen-bond acceptors (Lipinski definition) is 1. The lowest BCUT2D eigenvalue weighted by molar-refractivity contribution is 1.60. The Kier molecular flexibility index (Phi) is 1.32. The topological polar surface area (TPSA) is 12.4 Å². The van der Waals surface area contributed by atoms with Crippen molar-refractivity contribution in [3.63, 3.8) is 0 Å². The SMILES string of the molecule is C1#P2C=CN=CC2=CC=C1. The van der Waals surface area contributed by atoms with Crippen LogP contribution in [0.5, 0.6) is 0 Å². The first-order chi connectivity index (χ1) is 4.97. The fourth-order valence-corrected chi connectivity index (χ4v) is 2.19. The number of nitrogens with zero attached hydrogens (tertiary/aromatic N) is 1. The van der Waals surface area contributed by atoms with Gasteiger partial charge in [-0.3, -0.25) is 4.99 Å². The van der Waals surface area contributed by atoms with Gasteiger partial charge in [0.2, 0.25) is 0 Å². The van der Waals surface area contributed by atoms with Crippen LogP contribution in [0.2, 0.25) is 0 Å². The van der Waals surface area contributed by atoms with Crippen LogP contribution in [-0.4, -0.2) is 6.21 Å². The van der Waals surface area contributed by atoms with Crippen molar-refractivity contribution in [2.45, 2.75) is 0 Å². The van der Waals surface area contributed by atoms with Crippen LogP contribution < -0.4 is 0 Å². The van der Waals surface area contributed by atoms with Gasteiger partial charge in [-0.15, -0.1) is 0 Å². The summed E-state index contributed by atoms with van der Waals surface area (Å²) in [4.78, 5) is 4.03. The van der Waals surface area contributed by atoms with Crippen LogP contribution in [0.1, 0.15) is 0 Å². The second-order valence-electron chi connectivity index (χ2n) is 2.03. The van der Waals surface area contributed by atoms with Gasteiger partial charge in [0.1, 0.15) is 0 Å². The van der Waals surface area contributed by atoms with Crippen molar-refractivity contribution in [1.29, 1.82) is 0 Å². The maximum Gasteiger partial charge on any atom is 0.0389 e. The lowest BCUT2D eigenvalue weighted by Gasteiger charge is -2.03. The number of hydrogen-bond donors (Lipinski definition) is 0. The summed E-state index contributed by atoms with van der Waals surface area (Å²) in [6, 6.07) is 0. The molecule has 0 amide bonds. The Morgan fingerprint density at radius 2 is 2.50 bits per heavy atom. The molecule has 0 aromatic carbocycles. The summed E-state index contributed by atoms with van der Waals surface area (Å²) < 4.78 is 0. The average Bonchev–Trinajstić information content (AvgIpc) is 2.05. The second-order valence-corrected chi connectivity index (χ2v) is 3.84. The summed E-state index contributed by atoms with van der Waals surface area (Å²) in [6.45, 7) is 0. The Bertz CT molecular complexity index is 344. The molecule has 0 bridgehead atoms. The van der Waals surface area contributed by atoms with E-state index in [2.05, 4.69) is 22.5 Å². The third-order valence-corrected chi connectivity index (χ3v) is 3.04. The highest BCUT2D eigenvalue weighted by molar-refractivity contribution is 7.56. The van der Waals surface area contributed by atoms with Gasteiger partial charge in [0, 0.05) is 17.7 Å². The van der Waals surface area contributed by atoms with Crippen LogP contribution in [0, 0.1) is 5.63 Å². The number of aliphatic imine (C=N–C) groups is 1. The molecule has 1 unspecified atom stereocenters. The van der Waals surface area contributed by atoms with E-state index in [1.54, 1.807) is 0 Å². The summed E-state index contributed by atoms with van der Waals surface area (Å²) in [7, 11) is -0.252. The lowest BCUT2D eigenvalue weighted by Crippen LogP contribution is -1.81. The number of fused-ring (bicyclic) bond motifs is 1. The normalized spacial score (nSPS) is 22.8. The van der Waals surface area contributed by atoms with Gasteiger partial charge in [0.05, 0.1) is 0 Å². The molecule has 0 aromatic heterocycles. The Morgan fingerprint density at radius 3 is 3.40 bits per heavy atom. The third kappa shape index (κ3) is 0.863. The van der Waals surface area contributed by atoms with Gasteiger partial charge in [0.15, 0.2) is 0 Å². The smallest absolute Gasteiger partial charge is 0.0389 e. The van der Waals surface area contributed by atoms with Crippen molar-refractivity contribution in [2.24, 2.45) is 4.99 Å². The lowest BCUT2D eigenvalue weighted by atomic mass is 10.4. The molecule has 0 fully saturated rings. The summed E-state index contributed by atoms with van der Waals surface area (Å²) in [5.74, 6) is 2.10. The van der Waals surface area contributed by atoms with Crippen LogP contribution in [0.25, 0.3) is 0 Å². The highest BCUT2D eigenvalue weighted by atomic mass is 31.1. The molecule has 1 atom stereocenters. The van der Waals surface area contributed by atoms with E-state index < -0.39 is 0 Å². The third-order valence-electron chi connectivity index (χ3n) is 1.36. The van der Waals surface area contributed by atoms with Crippen LogP contribution in [0.4, 0.5) is 0 Å². The molecule has 0 radical (unpaired) electrons. The van der Waals surface area contributed by atoms with Crippen LogP contribution in [0.3, 0.4) is 0 Å². The minimum Gasteiger partial charge on any atom is -0.263 e. The predicted octanol–water partition coefficient (Wildman–Crippen LogP) is 2.44. The van der Waals surface area contributed by atoms with E-state index >= 15 is 0 Å². The highest BCUT2D eigenvalue weighted by Crippen LogP contribution is 2.34. The first-order valence-corrected chi connectivity index (χ1v) is 4.50. The summed E-state index contributed by atoms with van der Waals surface area (Å²) in [6.07, 6.45) is 9.81. The average molecular weight is 147 g/mol. The predicted molar refractivity (Wildman–Crippen MR) is 45.7 cm³/mol. The molecule has 2 aliphatic heterocycles. The van der Waals surface area contributed by atoms with E-state index in [-0.39, 0.29) is 7.38 Å². The van der Waals surface area contributed by atoms with Gasteiger partial charge in [-0.2, -0.15) is 0 Å². The van der Waals surface area contributed by atoms with Gasteiger partial charge < -0.3 is 0 Å². The largest absolute Gasteiger partial charge is 0.263 e. The van der Waals surface area contributed by atoms with Crippen molar-refractivity contribution in [3.05, 3.63) is 35.6 Å². The van der Waals surface area contributed by atoms with E-state index in [1.165, 1.54) is 5.31 Å². The van der Waals surface area contributed by atoms with E-state index in [9.17, 15) is 0 Å². The molecule has 2 aliphatic rings. The quantitative estimate of drug-likeness (QED) is 0.466. The van der Waals surface area contributed by atoms with Crippen LogP contribution in [-0.2, 0) is 0 Å². The molecule has 0 N–H and O–H groups in total. The van der Waals surface area contributed by atoms with Gasteiger partial charge in [-0.05, 0) is 25.3 Å². The summed E-state index contributed by atoms with van der Waals surface area (Å²) in [5, 5.41) is 1.29. The Labute approximate surface area is 60.5 Å². The van der Waals surface area contributed by atoms with Crippen molar-refractivity contribution in [3.8, 4) is 5.63 Å². The molecule has 0 aromatic rings. The zero-order valence-corrected chi connectivity index (χ0v) is 6.25. The molecule has 0 spiro atoms. The van der Waals surface area contributed by atoms with Crippen molar-refractivity contribution >= 4 is 13.6 Å². The number of allylic oxidation sites excluding steroid dienone is 4. The molecule has 0 aliphatic carbocycles. The molecule has 0 saturated heterocycles. The minimum atomic E-state index is -0.252. The van der Waals surface area contributed by atoms with Crippen molar-refractivity contribution in [2.75, 3.05) is 0 Å². The van der Waals surface area contributed by atoms with Crippen molar-refractivity contribution < 1.29 is 0 Å². The van der Waals surface area contributed by atoms with Gasteiger partial charge in [-0.25, -0.2) is 0 Å². The second kappa shape index (κ2) is 2.30. The van der Waals surface area contributed by atoms with E-state index in [1.807, 2.05) is 24.6 Å². The van der Waals surface area contributed by atoms with Crippen LogP contribution in [0.15, 0.2) is 40.6 Å². The molecule has 2 heterocycles. The maximum atomic E-state index is 4.03. The maximum absolute atomic E-state index is 4.03. The van der Waals surface area contributed by atoms with Crippen molar-refractivity contribution in [1.82, 2.24) is 0 Å². The van der Waals surface area contributed by atoms with Gasteiger partial charge >= 0.3 is 0 Å². The molecule has 1 nitrogen and oxygen atoms in total. The summed E-state index contributed by atoms with van der Waals surface area (Å²) >= 11 is 0. The van der Waals surface area contributed by atoms with Crippen LogP contribution >= 0.6 is 7.38 Å². The number of rotatable bonds is 0. The van der Waals surface area contributed by atoms with E-state index in [4.69, 9.17) is 0 Å². The fourth-order valence-electron chi connectivity index (χ4n) is 0.884. The van der Waals surface area contributed by atoms with E-state index in [0.29, 0.717) is 0 Å². The molecule has 2 heteroatoms. The fraction of sp³-hybridized carbons (Fsp3) is 0. The van der Waals surface area contributed by atoms with E-state index in [0.717, 1.165) is 0 Å². The molecule has 10 heavy (non-hydrogen) atoms.